The third kappa shape index (κ3) is 6.59. The van der Waals surface area contributed by atoms with Crippen LogP contribution in [0.3, 0.4) is 0 Å². The van der Waals surface area contributed by atoms with Crippen molar-refractivity contribution in [2.75, 3.05) is 0 Å². The van der Waals surface area contributed by atoms with Crippen molar-refractivity contribution >= 4 is 44.9 Å². The molecule has 218 valence electrons. The van der Waals surface area contributed by atoms with Crippen LogP contribution in [0, 0.1) is 0 Å². The standard InChI is InChI=1S/C29H22N2.5C2H6/c1-2-12-21-23-18-29-24(17-26(23)30-25(21)14-3-1)22-13-6-7-15-28(22)31(29)27-16-8-10-19-9-4-5-11-20(19)27;5*1-2/h1-4,6-10,12-13,15-18,30H,5,11,14H2;5*1-2H3. The van der Waals surface area contributed by atoms with Gasteiger partial charge in [-0.3, -0.25) is 0 Å². The second-order valence-corrected chi connectivity index (χ2v) is 8.56. The smallest absolute Gasteiger partial charge is 0.0548 e. The predicted molar refractivity (Wildman–Crippen MR) is 189 cm³/mol. The summed E-state index contributed by atoms with van der Waals surface area (Å²) in [5.41, 5.74) is 10.5. The lowest BCUT2D eigenvalue weighted by Crippen LogP contribution is -2.03. The summed E-state index contributed by atoms with van der Waals surface area (Å²) in [5, 5.41) is 3.92. The summed E-state index contributed by atoms with van der Waals surface area (Å²) >= 11 is 0. The number of aromatic amines is 1. The van der Waals surface area contributed by atoms with Crippen LogP contribution < -0.4 is 0 Å². The largest absolute Gasteiger partial charge is 0.358 e. The van der Waals surface area contributed by atoms with Crippen LogP contribution in [0.1, 0.15) is 98.0 Å². The summed E-state index contributed by atoms with van der Waals surface area (Å²) in [7, 11) is 0. The Morgan fingerprint density at radius 3 is 2.12 bits per heavy atom. The fourth-order valence-corrected chi connectivity index (χ4v) is 5.43. The van der Waals surface area contributed by atoms with Crippen molar-refractivity contribution in [3.63, 3.8) is 0 Å². The van der Waals surface area contributed by atoms with Gasteiger partial charge in [-0.15, -0.1) is 0 Å². The zero-order chi connectivity index (χ0) is 30.4. The van der Waals surface area contributed by atoms with Crippen molar-refractivity contribution in [2.24, 2.45) is 0 Å². The molecule has 0 unspecified atom stereocenters. The van der Waals surface area contributed by atoms with Crippen molar-refractivity contribution in [3.05, 3.63) is 101 Å². The first-order valence-corrected chi connectivity index (χ1v) is 16.1. The SMILES string of the molecule is C1=CCc2[nH]c3cc4c5ccccc5n(-c5cccc6c5CCC=C6)c4cc3c2C=C1.CC.CC.CC.CC.CC. The van der Waals surface area contributed by atoms with Gasteiger partial charge in [0.15, 0.2) is 0 Å². The van der Waals surface area contributed by atoms with Crippen LogP contribution in [0.15, 0.2) is 78.9 Å². The summed E-state index contributed by atoms with van der Waals surface area (Å²) < 4.78 is 2.49. The topological polar surface area (TPSA) is 20.7 Å². The van der Waals surface area contributed by atoms with Gasteiger partial charge in [0.2, 0.25) is 0 Å². The lowest BCUT2D eigenvalue weighted by molar-refractivity contribution is 0.961. The lowest BCUT2D eigenvalue weighted by atomic mass is 9.95. The van der Waals surface area contributed by atoms with Crippen molar-refractivity contribution in [3.8, 4) is 5.69 Å². The van der Waals surface area contributed by atoms with E-state index in [1.807, 2.05) is 69.2 Å². The molecule has 0 saturated carbocycles. The molecule has 2 aliphatic carbocycles. The van der Waals surface area contributed by atoms with E-state index >= 15 is 0 Å². The second-order valence-electron chi connectivity index (χ2n) is 8.56. The fourth-order valence-electron chi connectivity index (χ4n) is 5.43. The van der Waals surface area contributed by atoms with Crippen molar-refractivity contribution in [2.45, 2.75) is 88.5 Å². The lowest BCUT2D eigenvalue weighted by Gasteiger charge is -2.18. The number of fused-ring (bicyclic) bond motifs is 7. The Morgan fingerprint density at radius 2 is 1.37 bits per heavy atom. The molecule has 7 rings (SSSR count). The molecule has 3 aromatic carbocycles. The number of nitrogens with one attached hydrogen (secondary N) is 1. The number of hydrogen-bond donors (Lipinski definition) is 1. The molecule has 41 heavy (non-hydrogen) atoms. The normalized spacial score (nSPS) is 12.0. The quantitative estimate of drug-likeness (QED) is 0.215. The molecule has 2 heteroatoms. The molecule has 0 amide bonds. The average Bonchev–Trinajstić information content (AvgIpc) is 3.47. The van der Waals surface area contributed by atoms with Gasteiger partial charge in [0.1, 0.15) is 0 Å². The van der Waals surface area contributed by atoms with Gasteiger partial charge in [-0.2, -0.15) is 0 Å². The molecule has 2 aliphatic rings. The number of para-hydroxylation sites is 1. The van der Waals surface area contributed by atoms with Gasteiger partial charge >= 0.3 is 0 Å². The summed E-state index contributed by atoms with van der Waals surface area (Å²) in [5.74, 6) is 0. The molecule has 0 radical (unpaired) electrons. The molecule has 2 heterocycles. The van der Waals surface area contributed by atoms with Gasteiger partial charge < -0.3 is 9.55 Å². The number of nitrogens with zero attached hydrogens (tertiary/aromatic N) is 1. The van der Waals surface area contributed by atoms with Crippen LogP contribution >= 0.6 is 0 Å². The Morgan fingerprint density at radius 1 is 0.634 bits per heavy atom. The van der Waals surface area contributed by atoms with Crippen molar-refractivity contribution in [1.29, 1.82) is 0 Å². The van der Waals surface area contributed by atoms with Crippen molar-refractivity contribution < 1.29 is 0 Å². The third-order valence-corrected chi connectivity index (χ3v) is 6.83. The van der Waals surface area contributed by atoms with E-state index in [9.17, 15) is 0 Å². The number of hydrogen-bond acceptors (Lipinski definition) is 0. The molecule has 5 aromatic rings. The molecule has 0 spiro atoms. The van der Waals surface area contributed by atoms with Crippen LogP contribution in [-0.2, 0) is 12.8 Å². The molecule has 0 aliphatic heterocycles. The third-order valence-electron chi connectivity index (χ3n) is 6.83. The van der Waals surface area contributed by atoms with Gasteiger partial charge in [0, 0.05) is 45.0 Å². The second kappa shape index (κ2) is 17.1. The minimum Gasteiger partial charge on any atom is -0.358 e. The van der Waals surface area contributed by atoms with Crippen molar-refractivity contribution in [1.82, 2.24) is 9.55 Å². The van der Waals surface area contributed by atoms with E-state index in [4.69, 9.17) is 0 Å². The number of H-pyrrole nitrogens is 1. The van der Waals surface area contributed by atoms with E-state index in [-0.39, 0.29) is 0 Å². The van der Waals surface area contributed by atoms with E-state index in [0.717, 1.165) is 19.3 Å². The van der Waals surface area contributed by atoms with E-state index in [1.54, 1.807) is 0 Å². The Balaban J connectivity index is 0.000000536. The fraction of sp³-hybridized carbons (Fsp3) is 0.333. The molecule has 0 fully saturated rings. The van der Waals surface area contributed by atoms with Gasteiger partial charge in [-0.05, 0) is 48.2 Å². The van der Waals surface area contributed by atoms with Crippen LogP contribution in [0.25, 0.3) is 50.5 Å². The Labute approximate surface area is 249 Å². The van der Waals surface area contributed by atoms with Gasteiger partial charge in [-0.1, -0.05) is 136 Å². The first kappa shape index (κ1) is 33.4. The number of rotatable bonds is 1. The van der Waals surface area contributed by atoms with Gasteiger partial charge in [-0.25, -0.2) is 0 Å². The molecular formula is C39H52N2. The zero-order valence-electron chi connectivity index (χ0n) is 27.2. The summed E-state index contributed by atoms with van der Waals surface area (Å²) in [6.45, 7) is 20.0. The average molecular weight is 549 g/mol. The summed E-state index contributed by atoms with van der Waals surface area (Å²) in [4.78, 5) is 3.69. The predicted octanol–water partition coefficient (Wildman–Crippen LogP) is 12.5. The highest BCUT2D eigenvalue weighted by atomic mass is 15.0. The number of allylic oxidation sites excluding steroid dienone is 4. The Bertz CT molecular complexity index is 1600. The molecule has 0 saturated heterocycles. The van der Waals surface area contributed by atoms with Crippen LogP contribution in [-0.4, -0.2) is 9.55 Å². The van der Waals surface area contributed by atoms with Crippen LogP contribution in [0.2, 0.25) is 0 Å². The number of aromatic nitrogens is 2. The summed E-state index contributed by atoms with van der Waals surface area (Å²) in [6.07, 6.45) is 16.5. The molecule has 2 aromatic heterocycles. The first-order chi connectivity index (χ1) is 20.4. The minimum atomic E-state index is 0.945. The maximum absolute atomic E-state index is 3.69. The highest BCUT2D eigenvalue weighted by Crippen LogP contribution is 2.38. The van der Waals surface area contributed by atoms with Crippen LogP contribution in [0.4, 0.5) is 0 Å². The highest BCUT2D eigenvalue weighted by molar-refractivity contribution is 6.14. The monoisotopic (exact) mass is 548 g/mol. The Kier molecular flexibility index (Phi) is 14.0. The van der Waals surface area contributed by atoms with Gasteiger partial charge in [0.25, 0.3) is 0 Å². The zero-order valence-corrected chi connectivity index (χ0v) is 27.2. The van der Waals surface area contributed by atoms with Crippen LogP contribution in [0.5, 0.6) is 0 Å². The molecule has 0 bridgehead atoms. The maximum Gasteiger partial charge on any atom is 0.0548 e. The highest BCUT2D eigenvalue weighted by Gasteiger charge is 2.19. The molecule has 0 atom stereocenters. The van der Waals surface area contributed by atoms with E-state index in [1.165, 1.54) is 60.8 Å². The first-order valence-electron chi connectivity index (χ1n) is 16.1. The van der Waals surface area contributed by atoms with E-state index < -0.39 is 0 Å². The van der Waals surface area contributed by atoms with Gasteiger partial charge in [0.05, 0.1) is 11.0 Å². The molecule has 2 nitrogen and oxygen atoms in total. The molecular weight excluding hydrogens is 496 g/mol. The minimum absolute atomic E-state index is 0.945. The maximum atomic E-state index is 3.69. The molecule has 1 N–H and O–H groups in total. The Hall–Kier alpha value is -3.78. The van der Waals surface area contributed by atoms with E-state index in [0.29, 0.717) is 0 Å². The summed E-state index contributed by atoms with van der Waals surface area (Å²) in [6, 6.07) is 20.3. The number of benzene rings is 3. The van der Waals surface area contributed by atoms with E-state index in [2.05, 4.69) is 101 Å².